The number of rotatable bonds is 9. The van der Waals surface area contributed by atoms with E-state index in [0.717, 1.165) is 12.0 Å². The van der Waals surface area contributed by atoms with Crippen molar-refractivity contribution in [3.8, 4) is 0 Å². The number of carbonyl (C=O) groups is 2. The molecule has 38 heavy (non-hydrogen) atoms. The van der Waals surface area contributed by atoms with Crippen LogP contribution in [0.15, 0.2) is 48.9 Å². The van der Waals surface area contributed by atoms with Crippen molar-refractivity contribution in [1.29, 1.82) is 0 Å². The molecule has 1 aromatic heterocycles. The Balaban J connectivity index is 1.34. The van der Waals surface area contributed by atoms with Crippen LogP contribution in [0.3, 0.4) is 0 Å². The van der Waals surface area contributed by atoms with Gasteiger partial charge in [-0.05, 0) is 54.9 Å². The monoisotopic (exact) mass is 518 g/mol. The van der Waals surface area contributed by atoms with E-state index in [9.17, 15) is 9.59 Å². The van der Waals surface area contributed by atoms with Gasteiger partial charge in [0, 0.05) is 18.8 Å². The lowest BCUT2D eigenvalue weighted by molar-refractivity contribution is -0.199. The zero-order valence-electron chi connectivity index (χ0n) is 23.0. The molecule has 6 rings (SSSR count). The Bertz CT molecular complexity index is 1150. The van der Waals surface area contributed by atoms with Gasteiger partial charge in [0.15, 0.2) is 0 Å². The predicted octanol–water partition coefficient (Wildman–Crippen LogP) is 3.62. The third-order valence-corrected chi connectivity index (χ3v) is 9.05. The number of benzene rings is 1. The number of hydrogen-bond acceptors (Lipinski definition) is 6. The number of hydrogen-bond donors (Lipinski definition) is 2. The highest BCUT2D eigenvalue weighted by Crippen LogP contribution is 2.65. The van der Waals surface area contributed by atoms with E-state index >= 15 is 0 Å². The Hall–Kier alpha value is -2.78. The van der Waals surface area contributed by atoms with Crippen molar-refractivity contribution in [2.45, 2.75) is 84.0 Å². The Morgan fingerprint density at radius 3 is 2.53 bits per heavy atom. The predicted molar refractivity (Wildman–Crippen MR) is 145 cm³/mol. The van der Waals surface area contributed by atoms with E-state index in [2.05, 4.69) is 55.2 Å². The van der Waals surface area contributed by atoms with Crippen LogP contribution < -0.4 is 10.6 Å². The molecule has 1 aromatic carbocycles. The summed E-state index contributed by atoms with van der Waals surface area (Å²) >= 11 is 0. The van der Waals surface area contributed by atoms with Crippen molar-refractivity contribution in [2.75, 3.05) is 0 Å². The summed E-state index contributed by atoms with van der Waals surface area (Å²) in [6.45, 7) is 11.1. The van der Waals surface area contributed by atoms with Crippen LogP contribution in [0.4, 0.5) is 0 Å². The molecule has 8 nitrogen and oxygen atoms in total. The van der Waals surface area contributed by atoms with Gasteiger partial charge in [0.25, 0.3) is 5.91 Å². The second-order valence-electron chi connectivity index (χ2n) is 12.4. The maximum Gasteiger partial charge on any atom is 0.481 e. The maximum atomic E-state index is 13.8. The van der Waals surface area contributed by atoms with Gasteiger partial charge in [0.05, 0.1) is 23.8 Å². The van der Waals surface area contributed by atoms with Crippen LogP contribution in [0.1, 0.15) is 69.9 Å². The van der Waals surface area contributed by atoms with E-state index in [1.165, 1.54) is 25.0 Å². The summed E-state index contributed by atoms with van der Waals surface area (Å²) in [4.78, 5) is 34.8. The second-order valence-corrected chi connectivity index (χ2v) is 12.4. The highest BCUT2D eigenvalue weighted by atomic mass is 16.7. The average Bonchev–Trinajstić information content (AvgIpc) is 3.26. The quantitative estimate of drug-likeness (QED) is 0.492. The van der Waals surface area contributed by atoms with E-state index in [-0.39, 0.29) is 34.7 Å². The van der Waals surface area contributed by atoms with Gasteiger partial charge >= 0.3 is 7.12 Å². The molecule has 3 saturated carbocycles. The van der Waals surface area contributed by atoms with Crippen molar-refractivity contribution >= 4 is 18.9 Å². The number of aromatic nitrogens is 2. The third-order valence-electron chi connectivity index (χ3n) is 9.05. The molecule has 0 radical (unpaired) electrons. The van der Waals surface area contributed by atoms with Gasteiger partial charge in [-0.15, -0.1) is 0 Å². The average molecular weight is 518 g/mol. The lowest BCUT2D eigenvalue weighted by Crippen LogP contribution is -2.65. The maximum absolute atomic E-state index is 13.8. The van der Waals surface area contributed by atoms with Gasteiger partial charge in [0.1, 0.15) is 11.7 Å². The lowest BCUT2D eigenvalue weighted by atomic mass is 9.43. The topological polar surface area (TPSA) is 102 Å². The molecule has 2 bridgehead atoms. The molecular formula is C29H39BN4O4. The second kappa shape index (κ2) is 10.4. The van der Waals surface area contributed by atoms with Gasteiger partial charge in [-0.1, -0.05) is 58.0 Å². The van der Waals surface area contributed by atoms with Crippen LogP contribution >= 0.6 is 0 Å². The summed E-state index contributed by atoms with van der Waals surface area (Å²) in [5, 5.41) is 6.08. The molecule has 4 aliphatic rings. The minimum atomic E-state index is -0.799. The summed E-state index contributed by atoms with van der Waals surface area (Å²) < 4.78 is 13.2. The highest BCUT2D eigenvalue weighted by molar-refractivity contribution is 6.48. The smallest absolute Gasteiger partial charge is 0.404 e. The fraction of sp³-hybridized carbons (Fsp3) is 0.586. The minimum absolute atomic E-state index is 0.0345. The van der Waals surface area contributed by atoms with Crippen molar-refractivity contribution in [3.05, 3.63) is 60.2 Å². The van der Waals surface area contributed by atoms with Gasteiger partial charge in [-0.2, -0.15) is 0 Å². The first-order valence-electron chi connectivity index (χ1n) is 13.8. The first-order valence-corrected chi connectivity index (χ1v) is 13.8. The van der Waals surface area contributed by atoms with E-state index < -0.39 is 19.1 Å². The van der Waals surface area contributed by atoms with Gasteiger partial charge < -0.3 is 19.9 Å². The number of nitrogens with one attached hydrogen (secondary N) is 2. The van der Waals surface area contributed by atoms with Crippen LogP contribution in [-0.2, 0) is 20.5 Å². The summed E-state index contributed by atoms with van der Waals surface area (Å²) in [7, 11) is -0.528. The minimum Gasteiger partial charge on any atom is -0.404 e. The van der Waals surface area contributed by atoms with Crippen LogP contribution in [0, 0.1) is 23.2 Å². The standard InChI is InChI=1S/C29H39BN4O4/c1-18(2)13-25(30-37-24-16-20-15-23(28(20,3)4)29(24,5)38-30)34-26(35)21(14-19-9-7-6-8-10-19)33-27(36)22-17-31-11-12-32-22/h6-12,17-18,20-21,23-25H,13-16H2,1-5H3,(H,33,36)(H,34,35)/t20?,21-,23-,24?,25-,29-/m0/s1. The molecule has 2 aromatic rings. The number of carbonyl (C=O) groups excluding carboxylic acids is 2. The van der Waals surface area contributed by atoms with E-state index in [4.69, 9.17) is 9.31 Å². The first-order chi connectivity index (χ1) is 18.1. The van der Waals surface area contributed by atoms with Crippen molar-refractivity contribution in [1.82, 2.24) is 20.6 Å². The summed E-state index contributed by atoms with van der Waals surface area (Å²) in [5.41, 5.74) is 0.998. The molecule has 2 N–H and O–H groups in total. The fourth-order valence-electron chi connectivity index (χ4n) is 6.81. The molecule has 6 atom stereocenters. The Morgan fingerprint density at radius 2 is 1.87 bits per heavy atom. The molecule has 3 aliphatic carbocycles. The van der Waals surface area contributed by atoms with Gasteiger partial charge in [-0.25, -0.2) is 4.98 Å². The van der Waals surface area contributed by atoms with Crippen LogP contribution in [0.25, 0.3) is 0 Å². The number of amides is 2. The first kappa shape index (κ1) is 26.8. The zero-order valence-corrected chi connectivity index (χ0v) is 23.0. The molecule has 1 saturated heterocycles. The van der Waals surface area contributed by atoms with Crippen molar-refractivity contribution in [3.63, 3.8) is 0 Å². The largest absolute Gasteiger partial charge is 0.481 e. The van der Waals surface area contributed by atoms with E-state index in [1.54, 1.807) is 0 Å². The van der Waals surface area contributed by atoms with Gasteiger partial charge in [-0.3, -0.25) is 14.6 Å². The van der Waals surface area contributed by atoms with Gasteiger partial charge in [0.2, 0.25) is 5.91 Å². The van der Waals surface area contributed by atoms with E-state index in [0.29, 0.717) is 30.6 Å². The SMILES string of the molecule is CC(C)C[C@H](NC(=O)[C@H](Cc1ccccc1)NC(=O)c1cnccn1)B1OC2CC3C[C@@H](C3(C)C)[C@]2(C)O1. The summed E-state index contributed by atoms with van der Waals surface area (Å²) in [6, 6.07) is 8.87. The molecule has 0 spiro atoms. The van der Waals surface area contributed by atoms with E-state index in [1.807, 2.05) is 30.3 Å². The summed E-state index contributed by atoms with van der Waals surface area (Å²) in [6.07, 6.45) is 7.60. The molecule has 202 valence electrons. The lowest BCUT2D eigenvalue weighted by Gasteiger charge is -2.64. The fourth-order valence-corrected chi connectivity index (χ4v) is 6.81. The Morgan fingerprint density at radius 1 is 1.11 bits per heavy atom. The highest BCUT2D eigenvalue weighted by Gasteiger charge is 2.68. The van der Waals surface area contributed by atoms with Crippen molar-refractivity contribution in [2.24, 2.45) is 23.2 Å². The molecule has 2 heterocycles. The normalized spacial score (nSPS) is 28.7. The Kier molecular flexibility index (Phi) is 7.35. The van der Waals surface area contributed by atoms with Crippen LogP contribution in [-0.4, -0.2) is 52.6 Å². The molecule has 2 unspecified atom stereocenters. The molecule has 2 amide bonds. The van der Waals surface area contributed by atoms with Crippen molar-refractivity contribution < 1.29 is 18.9 Å². The zero-order chi connectivity index (χ0) is 27.1. The molecular weight excluding hydrogens is 479 g/mol. The molecule has 9 heteroatoms. The Labute approximate surface area is 225 Å². The van der Waals surface area contributed by atoms with Crippen LogP contribution in [0.5, 0.6) is 0 Å². The van der Waals surface area contributed by atoms with Crippen LogP contribution in [0.2, 0.25) is 0 Å². The number of nitrogens with zero attached hydrogens (tertiary/aromatic N) is 2. The summed E-state index contributed by atoms with van der Waals surface area (Å²) in [5.74, 6) is 0.359. The molecule has 4 fully saturated rings. The third kappa shape index (κ3) is 5.10. The molecule has 1 aliphatic heterocycles.